The molecule has 0 spiro atoms. The monoisotopic (exact) mass is 426 g/mol. The van der Waals surface area contributed by atoms with Crippen LogP contribution in [0.15, 0.2) is 53.1 Å². The molecule has 32 heavy (non-hydrogen) atoms. The molecule has 0 radical (unpaired) electrons. The molecule has 3 nitrogen and oxygen atoms in total. The molecule has 1 unspecified atom stereocenters. The van der Waals surface area contributed by atoms with E-state index in [0.717, 1.165) is 51.4 Å². The molecule has 1 fully saturated rings. The van der Waals surface area contributed by atoms with Crippen LogP contribution in [-0.2, 0) is 6.42 Å². The molecule has 0 bridgehead atoms. The fourth-order valence-corrected chi connectivity index (χ4v) is 5.34. The van der Waals surface area contributed by atoms with Gasteiger partial charge >= 0.3 is 0 Å². The third-order valence-electron chi connectivity index (χ3n) is 7.08. The molecule has 0 aliphatic heterocycles. The number of pyridine rings is 2. The van der Waals surface area contributed by atoms with Crippen molar-refractivity contribution in [3.05, 3.63) is 59.9 Å². The first-order valence-corrected chi connectivity index (χ1v) is 12.2. The minimum Gasteiger partial charge on any atom is -0.437 e. The van der Waals surface area contributed by atoms with Crippen molar-refractivity contribution in [1.29, 1.82) is 0 Å². The summed E-state index contributed by atoms with van der Waals surface area (Å²) in [5, 5.41) is 2.19. The van der Waals surface area contributed by atoms with E-state index in [1.165, 1.54) is 37.7 Å². The lowest BCUT2D eigenvalue weighted by Crippen LogP contribution is -2.14. The number of furan rings is 1. The van der Waals surface area contributed by atoms with Gasteiger partial charge in [0.25, 0.3) is 0 Å². The molecule has 166 valence electrons. The van der Waals surface area contributed by atoms with Gasteiger partial charge in [0.2, 0.25) is 5.71 Å². The topological polar surface area (TPSA) is 38.9 Å². The van der Waals surface area contributed by atoms with Crippen LogP contribution in [0.5, 0.6) is 0 Å². The number of para-hydroxylation sites is 1. The van der Waals surface area contributed by atoms with Crippen LogP contribution >= 0.6 is 0 Å². The number of hydrogen-bond acceptors (Lipinski definition) is 3. The zero-order chi connectivity index (χ0) is 22.3. The number of benzene rings is 1. The summed E-state index contributed by atoms with van der Waals surface area (Å²) in [6.07, 6.45) is 9.72. The third kappa shape index (κ3) is 4.18. The van der Waals surface area contributed by atoms with Gasteiger partial charge in [-0.2, -0.15) is 0 Å². The average Bonchev–Trinajstić information content (AvgIpc) is 3.16. The van der Waals surface area contributed by atoms with Crippen molar-refractivity contribution < 1.29 is 4.42 Å². The van der Waals surface area contributed by atoms with Crippen molar-refractivity contribution in [2.24, 2.45) is 11.3 Å². The van der Waals surface area contributed by atoms with Gasteiger partial charge in [0, 0.05) is 28.2 Å². The lowest BCUT2D eigenvalue weighted by atomic mass is 9.78. The Morgan fingerprint density at radius 3 is 2.59 bits per heavy atom. The highest BCUT2D eigenvalue weighted by atomic mass is 16.3. The maximum Gasteiger partial charge on any atom is 0.227 e. The minimum absolute atomic E-state index is 0.192. The van der Waals surface area contributed by atoms with E-state index in [1.807, 2.05) is 6.20 Å². The van der Waals surface area contributed by atoms with Gasteiger partial charge in [-0.1, -0.05) is 59.1 Å². The predicted octanol–water partition coefficient (Wildman–Crippen LogP) is 8.32. The molecule has 3 aromatic heterocycles. The summed E-state index contributed by atoms with van der Waals surface area (Å²) < 4.78 is 6.36. The fraction of sp³-hybridized carbons (Fsp3) is 0.448. The standard InChI is InChI=1S/C29H34N2O/c1-19(20-9-6-5-7-10-20)21-15-16-30-26(17-21)25-12-8-11-23-24-14-13-22(18-29(2,3)4)31-28(24)32-27(23)25/h8,11-17,19-20H,5-7,9-10,18H2,1-4H3. The molecule has 0 N–H and O–H groups in total. The largest absolute Gasteiger partial charge is 0.437 e. The quantitative estimate of drug-likeness (QED) is 0.329. The lowest BCUT2D eigenvalue weighted by molar-refractivity contribution is 0.316. The highest BCUT2D eigenvalue weighted by molar-refractivity contribution is 6.08. The van der Waals surface area contributed by atoms with E-state index in [-0.39, 0.29) is 5.41 Å². The molecule has 1 aromatic carbocycles. The Hall–Kier alpha value is -2.68. The number of hydrogen-bond donors (Lipinski definition) is 0. The van der Waals surface area contributed by atoms with Crippen LogP contribution in [0.4, 0.5) is 0 Å². The summed E-state index contributed by atoms with van der Waals surface area (Å²) in [5.41, 5.74) is 6.31. The maximum absolute atomic E-state index is 6.36. The summed E-state index contributed by atoms with van der Waals surface area (Å²) in [4.78, 5) is 9.60. The maximum atomic E-state index is 6.36. The van der Waals surface area contributed by atoms with E-state index >= 15 is 0 Å². The highest BCUT2D eigenvalue weighted by Crippen LogP contribution is 2.38. The molecule has 4 aromatic rings. The molecule has 1 saturated carbocycles. The van der Waals surface area contributed by atoms with Gasteiger partial charge in [-0.25, -0.2) is 4.98 Å². The van der Waals surface area contributed by atoms with E-state index in [1.54, 1.807) is 0 Å². The molecule has 0 amide bonds. The molecular weight excluding hydrogens is 392 g/mol. The third-order valence-corrected chi connectivity index (χ3v) is 7.08. The van der Waals surface area contributed by atoms with Crippen LogP contribution in [0.2, 0.25) is 0 Å². The molecular formula is C29H34N2O. The van der Waals surface area contributed by atoms with E-state index in [0.29, 0.717) is 5.92 Å². The first kappa shape index (κ1) is 21.2. The van der Waals surface area contributed by atoms with Crippen molar-refractivity contribution in [1.82, 2.24) is 9.97 Å². The number of nitrogens with zero attached hydrogens (tertiary/aromatic N) is 2. The van der Waals surface area contributed by atoms with Crippen molar-refractivity contribution >= 4 is 22.1 Å². The zero-order valence-electron chi connectivity index (χ0n) is 19.8. The van der Waals surface area contributed by atoms with Crippen LogP contribution in [0.25, 0.3) is 33.3 Å². The molecule has 1 aliphatic rings. The minimum atomic E-state index is 0.192. The second kappa shape index (κ2) is 8.35. The first-order valence-electron chi connectivity index (χ1n) is 12.2. The number of aromatic nitrogens is 2. The Balaban J connectivity index is 1.55. The summed E-state index contributed by atoms with van der Waals surface area (Å²) in [5.74, 6) is 1.35. The van der Waals surface area contributed by atoms with Crippen LogP contribution < -0.4 is 0 Å². The predicted molar refractivity (Wildman–Crippen MR) is 133 cm³/mol. The molecule has 1 aliphatic carbocycles. The highest BCUT2D eigenvalue weighted by Gasteiger charge is 2.22. The Labute approximate surface area is 191 Å². The van der Waals surface area contributed by atoms with Gasteiger partial charge in [-0.15, -0.1) is 0 Å². The molecule has 5 rings (SSSR count). The van der Waals surface area contributed by atoms with Crippen molar-refractivity contribution in [2.75, 3.05) is 0 Å². The number of rotatable bonds is 4. The Morgan fingerprint density at radius 1 is 1.00 bits per heavy atom. The zero-order valence-corrected chi connectivity index (χ0v) is 19.8. The Kier molecular flexibility index (Phi) is 5.53. The van der Waals surface area contributed by atoms with Gasteiger partial charge in [0.15, 0.2) is 0 Å². The second-order valence-electron chi connectivity index (χ2n) is 10.8. The SMILES string of the molecule is CC(c1ccnc(-c2cccc3c2oc2nc(CC(C)(C)C)ccc23)c1)C1CCCCC1. The molecule has 0 saturated heterocycles. The summed E-state index contributed by atoms with van der Waals surface area (Å²) in [7, 11) is 0. The lowest BCUT2D eigenvalue weighted by Gasteiger charge is -2.28. The number of fused-ring (bicyclic) bond motifs is 3. The molecule has 3 heteroatoms. The smallest absolute Gasteiger partial charge is 0.227 e. The van der Waals surface area contributed by atoms with Crippen molar-refractivity contribution in [3.8, 4) is 11.3 Å². The normalized spacial score (nSPS) is 16.6. The summed E-state index contributed by atoms with van der Waals surface area (Å²) in [6.45, 7) is 9.10. The van der Waals surface area contributed by atoms with Gasteiger partial charge < -0.3 is 4.42 Å². The van der Waals surface area contributed by atoms with Gasteiger partial charge in [-0.05, 0) is 72.4 Å². The van der Waals surface area contributed by atoms with E-state index in [9.17, 15) is 0 Å². The fourth-order valence-electron chi connectivity index (χ4n) is 5.34. The molecule has 3 heterocycles. The van der Waals surface area contributed by atoms with Crippen LogP contribution in [0.3, 0.4) is 0 Å². The van der Waals surface area contributed by atoms with Crippen molar-refractivity contribution in [3.63, 3.8) is 0 Å². The van der Waals surface area contributed by atoms with Gasteiger partial charge in [0.05, 0.1) is 5.69 Å². The van der Waals surface area contributed by atoms with Crippen LogP contribution in [-0.4, -0.2) is 9.97 Å². The van der Waals surface area contributed by atoms with E-state index in [2.05, 4.69) is 70.2 Å². The van der Waals surface area contributed by atoms with Crippen molar-refractivity contribution in [2.45, 2.75) is 72.1 Å². The summed E-state index contributed by atoms with van der Waals surface area (Å²) in [6, 6.07) is 15.1. The van der Waals surface area contributed by atoms with Gasteiger partial charge in [0.1, 0.15) is 5.58 Å². The van der Waals surface area contributed by atoms with Crippen LogP contribution in [0.1, 0.15) is 77.0 Å². The second-order valence-corrected chi connectivity index (χ2v) is 10.8. The van der Waals surface area contributed by atoms with E-state index in [4.69, 9.17) is 14.4 Å². The van der Waals surface area contributed by atoms with Gasteiger partial charge in [-0.3, -0.25) is 4.98 Å². The average molecular weight is 427 g/mol. The summed E-state index contributed by atoms with van der Waals surface area (Å²) >= 11 is 0. The first-order chi connectivity index (χ1) is 15.4. The molecule has 1 atom stereocenters. The Bertz CT molecular complexity index is 1240. The van der Waals surface area contributed by atoms with E-state index < -0.39 is 0 Å². The Morgan fingerprint density at radius 2 is 1.81 bits per heavy atom. The van der Waals surface area contributed by atoms with Crippen LogP contribution in [0, 0.1) is 11.3 Å².